The van der Waals surface area contributed by atoms with Crippen LogP contribution in [0, 0.1) is 0 Å². The zero-order valence-corrected chi connectivity index (χ0v) is 13.1. The lowest BCUT2D eigenvalue weighted by atomic mass is 10.0. The number of nitrogens with two attached hydrogens (primary N) is 1. The first-order valence-corrected chi connectivity index (χ1v) is 7.03. The Balaban J connectivity index is 2.66. The molecule has 0 bridgehead atoms. The minimum atomic E-state index is -1.02. The van der Waals surface area contributed by atoms with E-state index in [2.05, 4.69) is 10.3 Å². The molecule has 0 saturated carbocycles. The second kappa shape index (κ2) is 6.72. The molecule has 0 aliphatic rings. The molecule has 6 nitrogen and oxygen atoms in total. The van der Waals surface area contributed by atoms with Crippen LogP contribution in [-0.4, -0.2) is 36.3 Å². The van der Waals surface area contributed by atoms with E-state index in [9.17, 15) is 9.59 Å². The number of carbonyl (C=O) groups excluding carboxylic acids is 2. The molecule has 0 aliphatic carbocycles. The monoisotopic (exact) mass is 320 g/mol. The van der Waals surface area contributed by atoms with E-state index >= 15 is 0 Å². The summed E-state index contributed by atoms with van der Waals surface area (Å²) in [4.78, 5) is 29.0. The molecule has 1 atom stereocenters. The topological polar surface area (TPSA) is 88.3 Å². The molecule has 2 rings (SSSR count). The van der Waals surface area contributed by atoms with Crippen LogP contribution in [0.15, 0.2) is 24.3 Å². The molecule has 0 spiro atoms. The molecule has 1 unspecified atom stereocenters. The van der Waals surface area contributed by atoms with E-state index in [0.29, 0.717) is 29.1 Å². The number of carbonyl (C=O) groups is 2. The van der Waals surface area contributed by atoms with E-state index in [1.807, 2.05) is 37.2 Å². The van der Waals surface area contributed by atoms with Crippen LogP contribution in [0.1, 0.15) is 17.3 Å². The lowest BCUT2D eigenvalue weighted by Crippen LogP contribution is -2.33. The van der Waals surface area contributed by atoms with E-state index in [0.717, 1.165) is 11.1 Å². The summed E-state index contributed by atoms with van der Waals surface area (Å²) in [7, 11) is 3.87. The van der Waals surface area contributed by atoms with E-state index in [1.54, 1.807) is 6.07 Å². The van der Waals surface area contributed by atoms with Crippen molar-refractivity contribution in [2.75, 3.05) is 14.1 Å². The summed E-state index contributed by atoms with van der Waals surface area (Å²) >= 11 is 6.22. The van der Waals surface area contributed by atoms with Crippen LogP contribution in [0.2, 0.25) is 5.02 Å². The first-order chi connectivity index (χ1) is 10.4. The van der Waals surface area contributed by atoms with Gasteiger partial charge < -0.3 is 16.0 Å². The quantitative estimate of drug-likeness (QED) is 0.783. The van der Waals surface area contributed by atoms with E-state index in [-0.39, 0.29) is 0 Å². The van der Waals surface area contributed by atoms with Crippen LogP contribution < -0.4 is 11.1 Å². The summed E-state index contributed by atoms with van der Waals surface area (Å²) in [5.41, 5.74) is 7.18. The number of nitrogens with zero attached hydrogens (tertiary/aromatic N) is 2. The summed E-state index contributed by atoms with van der Waals surface area (Å²) in [5, 5.41) is 3.56. The SMILES string of the molecule is CN(C)Cc1ccc2ccc(Cl)c(C(NC=O)C(N)=O)c2n1. The highest BCUT2D eigenvalue weighted by atomic mass is 35.5. The smallest absolute Gasteiger partial charge is 0.244 e. The average Bonchev–Trinajstić information content (AvgIpc) is 2.44. The minimum absolute atomic E-state index is 0.333. The molecule has 2 amide bonds. The van der Waals surface area contributed by atoms with Gasteiger partial charge in [0.15, 0.2) is 0 Å². The van der Waals surface area contributed by atoms with Crippen molar-refractivity contribution in [1.29, 1.82) is 0 Å². The summed E-state index contributed by atoms with van der Waals surface area (Å²) in [6.07, 6.45) is 0.425. The molecular formula is C15H17ClN4O2. The molecule has 116 valence electrons. The van der Waals surface area contributed by atoms with Crippen LogP contribution in [0.25, 0.3) is 10.9 Å². The second-order valence-corrected chi connectivity index (χ2v) is 5.60. The maximum Gasteiger partial charge on any atom is 0.244 e. The van der Waals surface area contributed by atoms with Gasteiger partial charge in [-0.3, -0.25) is 14.6 Å². The van der Waals surface area contributed by atoms with Gasteiger partial charge in [-0.05, 0) is 26.2 Å². The maximum absolute atomic E-state index is 11.7. The van der Waals surface area contributed by atoms with Crippen molar-refractivity contribution in [2.24, 2.45) is 5.73 Å². The van der Waals surface area contributed by atoms with Crippen LogP contribution in [-0.2, 0) is 16.1 Å². The Morgan fingerprint density at radius 1 is 1.41 bits per heavy atom. The van der Waals surface area contributed by atoms with Crippen LogP contribution >= 0.6 is 11.6 Å². The Labute approximate surface area is 133 Å². The van der Waals surface area contributed by atoms with Gasteiger partial charge in [-0.1, -0.05) is 23.7 Å². The third kappa shape index (κ3) is 3.35. The van der Waals surface area contributed by atoms with Gasteiger partial charge in [0, 0.05) is 22.5 Å². The molecule has 0 saturated heterocycles. The second-order valence-electron chi connectivity index (χ2n) is 5.19. The van der Waals surface area contributed by atoms with Gasteiger partial charge in [-0.15, -0.1) is 0 Å². The van der Waals surface area contributed by atoms with Gasteiger partial charge in [-0.25, -0.2) is 0 Å². The van der Waals surface area contributed by atoms with Crippen molar-refractivity contribution in [3.8, 4) is 0 Å². The standard InChI is InChI=1S/C15H17ClN4O2/c1-20(2)7-10-5-3-9-4-6-11(16)12(13(9)19-10)14(15(17)22)18-8-21/h3-6,8,14H,7H2,1-2H3,(H2,17,22)(H,18,21). The number of benzene rings is 1. The third-order valence-corrected chi connectivity index (χ3v) is 3.52. The normalized spacial score (nSPS) is 12.4. The number of hydrogen-bond acceptors (Lipinski definition) is 4. The van der Waals surface area contributed by atoms with Crippen LogP contribution in [0.4, 0.5) is 0 Å². The fourth-order valence-electron chi connectivity index (χ4n) is 2.29. The predicted molar refractivity (Wildman–Crippen MR) is 85.3 cm³/mol. The molecule has 0 fully saturated rings. The summed E-state index contributed by atoms with van der Waals surface area (Å²) in [6.45, 7) is 0.643. The minimum Gasteiger partial charge on any atom is -0.368 e. The van der Waals surface area contributed by atoms with Crippen molar-refractivity contribution >= 4 is 34.8 Å². The number of nitrogens with one attached hydrogen (secondary N) is 1. The molecule has 1 aromatic carbocycles. The van der Waals surface area contributed by atoms with Crippen molar-refractivity contribution in [3.05, 3.63) is 40.5 Å². The third-order valence-electron chi connectivity index (χ3n) is 3.19. The van der Waals surface area contributed by atoms with E-state index < -0.39 is 11.9 Å². The first kappa shape index (κ1) is 16.2. The fraction of sp³-hybridized carbons (Fsp3) is 0.267. The van der Waals surface area contributed by atoms with E-state index in [4.69, 9.17) is 17.3 Å². The van der Waals surface area contributed by atoms with Gasteiger partial charge in [0.05, 0.1) is 11.2 Å². The van der Waals surface area contributed by atoms with Crippen molar-refractivity contribution < 1.29 is 9.59 Å². The van der Waals surface area contributed by atoms with Gasteiger partial charge in [0.25, 0.3) is 0 Å². The highest BCUT2D eigenvalue weighted by Crippen LogP contribution is 2.30. The van der Waals surface area contributed by atoms with E-state index in [1.165, 1.54) is 0 Å². The molecule has 1 heterocycles. The highest BCUT2D eigenvalue weighted by molar-refractivity contribution is 6.32. The van der Waals surface area contributed by atoms with Gasteiger partial charge in [0.2, 0.25) is 12.3 Å². The molecule has 2 aromatic rings. The Morgan fingerprint density at radius 3 is 2.68 bits per heavy atom. The van der Waals surface area contributed by atoms with Gasteiger partial charge >= 0.3 is 0 Å². The zero-order valence-electron chi connectivity index (χ0n) is 12.3. The molecule has 1 aromatic heterocycles. The lowest BCUT2D eigenvalue weighted by Gasteiger charge is -2.17. The van der Waals surface area contributed by atoms with Crippen molar-refractivity contribution in [2.45, 2.75) is 12.6 Å². The number of fused-ring (bicyclic) bond motifs is 1. The number of hydrogen-bond donors (Lipinski definition) is 2. The Bertz CT molecular complexity index is 718. The molecular weight excluding hydrogens is 304 g/mol. The fourth-order valence-corrected chi connectivity index (χ4v) is 2.55. The zero-order chi connectivity index (χ0) is 16.3. The summed E-state index contributed by atoms with van der Waals surface area (Å²) < 4.78 is 0. The average molecular weight is 321 g/mol. The largest absolute Gasteiger partial charge is 0.368 e. The molecule has 22 heavy (non-hydrogen) atoms. The van der Waals surface area contributed by atoms with Crippen molar-refractivity contribution in [1.82, 2.24) is 15.2 Å². The Morgan fingerprint density at radius 2 is 2.09 bits per heavy atom. The Kier molecular flexibility index (Phi) is 4.95. The number of amides is 2. The number of aromatic nitrogens is 1. The Hall–Kier alpha value is -2.18. The first-order valence-electron chi connectivity index (χ1n) is 6.65. The molecule has 7 heteroatoms. The summed E-state index contributed by atoms with van der Waals surface area (Å²) in [5.74, 6) is -0.693. The van der Waals surface area contributed by atoms with Crippen molar-refractivity contribution in [3.63, 3.8) is 0 Å². The molecule has 0 radical (unpaired) electrons. The predicted octanol–water partition coefficient (Wildman–Crippen LogP) is 1.22. The number of pyridine rings is 1. The number of primary amides is 1. The van der Waals surface area contributed by atoms with Gasteiger partial charge in [0.1, 0.15) is 6.04 Å². The number of halogens is 1. The van der Waals surface area contributed by atoms with Crippen LogP contribution in [0.3, 0.4) is 0 Å². The highest BCUT2D eigenvalue weighted by Gasteiger charge is 2.23. The molecule has 3 N–H and O–H groups in total. The van der Waals surface area contributed by atoms with Crippen LogP contribution in [0.5, 0.6) is 0 Å². The molecule has 0 aliphatic heterocycles. The van der Waals surface area contributed by atoms with Gasteiger partial charge in [-0.2, -0.15) is 0 Å². The maximum atomic E-state index is 11.7. The lowest BCUT2D eigenvalue weighted by molar-refractivity contribution is -0.122. The number of rotatable bonds is 6. The summed E-state index contributed by atoms with van der Waals surface area (Å²) in [6, 6.07) is 6.27.